The Morgan fingerprint density at radius 1 is 1.27 bits per heavy atom. The number of anilines is 2. The van der Waals surface area contributed by atoms with Crippen LogP contribution in [0.4, 0.5) is 16.6 Å². The van der Waals surface area contributed by atoms with Gasteiger partial charge in [-0.3, -0.25) is 4.79 Å². The highest BCUT2D eigenvalue weighted by Gasteiger charge is 2.24. The van der Waals surface area contributed by atoms with Crippen LogP contribution in [0, 0.1) is 0 Å². The van der Waals surface area contributed by atoms with Crippen LogP contribution in [0.25, 0.3) is 0 Å². The van der Waals surface area contributed by atoms with E-state index in [4.69, 9.17) is 4.74 Å². The van der Waals surface area contributed by atoms with Crippen LogP contribution in [0.1, 0.15) is 19.8 Å². The summed E-state index contributed by atoms with van der Waals surface area (Å²) in [5.41, 5.74) is 0. The van der Waals surface area contributed by atoms with Crippen molar-refractivity contribution in [3.05, 3.63) is 12.3 Å². The molecule has 2 aliphatic rings. The maximum Gasteiger partial charge on any atom is 0.409 e. The van der Waals surface area contributed by atoms with Gasteiger partial charge < -0.3 is 24.8 Å². The lowest BCUT2D eigenvalue weighted by atomic mass is 10.1. The first-order chi connectivity index (χ1) is 12.7. The highest BCUT2D eigenvalue weighted by Crippen LogP contribution is 2.18. The Kier molecular flexibility index (Phi) is 6.08. The Morgan fingerprint density at radius 3 is 2.65 bits per heavy atom. The van der Waals surface area contributed by atoms with Gasteiger partial charge in [-0.1, -0.05) is 0 Å². The lowest BCUT2D eigenvalue weighted by molar-refractivity contribution is -0.118. The van der Waals surface area contributed by atoms with Crippen molar-refractivity contribution in [2.75, 3.05) is 56.1 Å². The van der Waals surface area contributed by atoms with Gasteiger partial charge in [-0.25, -0.2) is 9.78 Å². The van der Waals surface area contributed by atoms with E-state index in [2.05, 4.69) is 20.2 Å². The smallest absolute Gasteiger partial charge is 0.409 e. The standard InChI is InChI=1S/C17H26N6O3/c1-2-26-17(25)23-7-4-14(5-8-23)19-15-3-6-18-16(20-15)22-11-9-21(13-24)10-12-22/h3,6,13-14H,2,4-5,7-12H2,1H3,(H,18,19,20). The number of piperidine rings is 1. The number of rotatable bonds is 5. The molecule has 9 nitrogen and oxygen atoms in total. The summed E-state index contributed by atoms with van der Waals surface area (Å²) in [6.45, 7) is 6.44. The van der Waals surface area contributed by atoms with Crippen molar-refractivity contribution in [1.82, 2.24) is 19.8 Å². The molecule has 2 aliphatic heterocycles. The Bertz CT molecular complexity index is 612. The van der Waals surface area contributed by atoms with Crippen molar-refractivity contribution >= 4 is 24.3 Å². The quantitative estimate of drug-likeness (QED) is 0.774. The molecule has 0 unspecified atom stereocenters. The summed E-state index contributed by atoms with van der Waals surface area (Å²) >= 11 is 0. The van der Waals surface area contributed by atoms with Crippen LogP contribution >= 0.6 is 0 Å². The van der Waals surface area contributed by atoms with Crippen molar-refractivity contribution in [3.63, 3.8) is 0 Å². The minimum atomic E-state index is -0.232. The van der Waals surface area contributed by atoms with E-state index >= 15 is 0 Å². The minimum absolute atomic E-state index is 0.232. The zero-order valence-electron chi connectivity index (χ0n) is 15.1. The fourth-order valence-electron chi connectivity index (χ4n) is 3.24. The van der Waals surface area contributed by atoms with Gasteiger partial charge in [0.2, 0.25) is 12.4 Å². The molecule has 142 valence electrons. The zero-order chi connectivity index (χ0) is 18.4. The van der Waals surface area contributed by atoms with Crippen molar-refractivity contribution in [1.29, 1.82) is 0 Å². The normalized spacial score (nSPS) is 18.6. The third kappa shape index (κ3) is 4.53. The SMILES string of the molecule is CCOC(=O)N1CCC(Nc2ccnc(N3CCN(C=O)CC3)n2)CC1. The van der Waals surface area contributed by atoms with E-state index in [1.165, 1.54) is 0 Å². The van der Waals surface area contributed by atoms with Crippen LogP contribution in [-0.2, 0) is 9.53 Å². The Balaban J connectivity index is 1.52. The summed E-state index contributed by atoms with van der Waals surface area (Å²) in [7, 11) is 0. The first kappa shape index (κ1) is 18.2. The van der Waals surface area contributed by atoms with Gasteiger partial charge in [0.1, 0.15) is 5.82 Å². The maximum atomic E-state index is 11.8. The Labute approximate surface area is 153 Å². The molecule has 1 aromatic rings. The van der Waals surface area contributed by atoms with Gasteiger partial charge in [-0.2, -0.15) is 4.98 Å². The Morgan fingerprint density at radius 2 is 2.00 bits per heavy atom. The number of hydrogen-bond donors (Lipinski definition) is 1. The first-order valence-corrected chi connectivity index (χ1v) is 9.15. The average Bonchev–Trinajstić information content (AvgIpc) is 2.69. The minimum Gasteiger partial charge on any atom is -0.450 e. The third-order valence-corrected chi connectivity index (χ3v) is 4.76. The summed E-state index contributed by atoms with van der Waals surface area (Å²) in [4.78, 5) is 37.2. The summed E-state index contributed by atoms with van der Waals surface area (Å²) in [6.07, 6.45) is 4.13. The average molecular weight is 362 g/mol. The van der Waals surface area contributed by atoms with Gasteiger partial charge in [0.05, 0.1) is 6.61 Å². The van der Waals surface area contributed by atoms with E-state index in [1.54, 1.807) is 16.0 Å². The number of likely N-dealkylation sites (tertiary alicyclic amines) is 1. The van der Waals surface area contributed by atoms with Crippen LogP contribution < -0.4 is 10.2 Å². The molecule has 2 saturated heterocycles. The zero-order valence-corrected chi connectivity index (χ0v) is 15.1. The van der Waals surface area contributed by atoms with Crippen LogP contribution in [0.15, 0.2) is 12.3 Å². The molecule has 9 heteroatoms. The van der Waals surface area contributed by atoms with Crippen LogP contribution in [0.3, 0.4) is 0 Å². The summed E-state index contributed by atoms with van der Waals surface area (Å²) in [5.74, 6) is 1.48. The second-order valence-electron chi connectivity index (χ2n) is 6.47. The Hall–Kier alpha value is -2.58. The number of carbonyl (C=O) groups excluding carboxylic acids is 2. The number of amides is 2. The number of ether oxygens (including phenoxy) is 1. The third-order valence-electron chi connectivity index (χ3n) is 4.76. The fraction of sp³-hybridized carbons (Fsp3) is 0.647. The summed E-state index contributed by atoms with van der Waals surface area (Å²) < 4.78 is 5.05. The molecule has 3 heterocycles. The molecule has 0 bridgehead atoms. The highest BCUT2D eigenvalue weighted by molar-refractivity contribution is 5.67. The number of hydrogen-bond acceptors (Lipinski definition) is 7. The lowest BCUT2D eigenvalue weighted by Gasteiger charge is -2.33. The molecular formula is C17H26N6O3. The van der Waals surface area contributed by atoms with Gasteiger partial charge in [-0.05, 0) is 25.8 Å². The molecule has 3 rings (SSSR count). The predicted molar refractivity (Wildman–Crippen MR) is 97.1 cm³/mol. The van der Waals surface area contributed by atoms with E-state index in [0.29, 0.717) is 38.7 Å². The van der Waals surface area contributed by atoms with Gasteiger partial charge >= 0.3 is 6.09 Å². The van der Waals surface area contributed by atoms with Crippen molar-refractivity contribution < 1.29 is 14.3 Å². The van der Waals surface area contributed by atoms with Crippen molar-refractivity contribution in [2.45, 2.75) is 25.8 Å². The summed E-state index contributed by atoms with van der Waals surface area (Å²) in [5, 5.41) is 3.45. The molecule has 1 aromatic heterocycles. The maximum absolute atomic E-state index is 11.8. The molecule has 0 aromatic carbocycles. The fourth-order valence-corrected chi connectivity index (χ4v) is 3.24. The number of aromatic nitrogens is 2. The number of carbonyl (C=O) groups is 2. The van der Waals surface area contributed by atoms with Crippen LogP contribution in [-0.4, -0.2) is 84.2 Å². The number of piperazine rings is 1. The predicted octanol–water partition coefficient (Wildman–Crippen LogP) is 0.788. The molecule has 0 saturated carbocycles. The molecular weight excluding hydrogens is 336 g/mol. The largest absolute Gasteiger partial charge is 0.450 e. The summed E-state index contributed by atoms with van der Waals surface area (Å²) in [6, 6.07) is 2.14. The monoisotopic (exact) mass is 362 g/mol. The first-order valence-electron chi connectivity index (χ1n) is 9.15. The molecule has 0 radical (unpaired) electrons. The van der Waals surface area contributed by atoms with E-state index in [9.17, 15) is 9.59 Å². The lowest BCUT2D eigenvalue weighted by Crippen LogP contribution is -2.46. The molecule has 26 heavy (non-hydrogen) atoms. The van der Waals surface area contributed by atoms with Gasteiger partial charge in [0.15, 0.2) is 0 Å². The number of nitrogens with one attached hydrogen (secondary N) is 1. The second kappa shape index (κ2) is 8.68. The van der Waals surface area contributed by atoms with Gasteiger partial charge in [0.25, 0.3) is 0 Å². The van der Waals surface area contributed by atoms with Gasteiger partial charge in [0, 0.05) is 51.5 Å². The van der Waals surface area contributed by atoms with E-state index in [0.717, 1.165) is 38.2 Å². The molecule has 0 atom stereocenters. The van der Waals surface area contributed by atoms with Gasteiger partial charge in [-0.15, -0.1) is 0 Å². The molecule has 0 spiro atoms. The highest BCUT2D eigenvalue weighted by atomic mass is 16.6. The topological polar surface area (TPSA) is 90.9 Å². The number of nitrogens with zero attached hydrogens (tertiary/aromatic N) is 5. The molecule has 1 N–H and O–H groups in total. The molecule has 0 aliphatic carbocycles. The van der Waals surface area contributed by atoms with Crippen molar-refractivity contribution in [2.24, 2.45) is 0 Å². The van der Waals surface area contributed by atoms with Crippen LogP contribution in [0.2, 0.25) is 0 Å². The van der Waals surface area contributed by atoms with Crippen molar-refractivity contribution in [3.8, 4) is 0 Å². The molecule has 2 fully saturated rings. The van der Waals surface area contributed by atoms with E-state index in [1.807, 2.05) is 13.0 Å². The van der Waals surface area contributed by atoms with E-state index < -0.39 is 0 Å². The van der Waals surface area contributed by atoms with Crippen LogP contribution in [0.5, 0.6) is 0 Å². The molecule has 2 amide bonds. The van der Waals surface area contributed by atoms with E-state index in [-0.39, 0.29) is 12.1 Å². The second-order valence-corrected chi connectivity index (χ2v) is 6.47.